The average molecular weight is 272 g/mol. The number of aromatic nitrogens is 2. The number of aryl methyl sites for hydroxylation is 1. The van der Waals surface area contributed by atoms with E-state index < -0.39 is 0 Å². The lowest BCUT2D eigenvalue weighted by Gasteiger charge is -2.35. The Bertz CT molecular complexity index is 588. The molecule has 0 unspecified atom stereocenters. The van der Waals surface area contributed by atoms with Crippen LogP contribution in [0.4, 0.5) is 5.82 Å². The molecule has 20 heavy (non-hydrogen) atoms. The number of carbonyl (C=O) groups excluding carboxylic acids is 1. The number of piperazine rings is 1. The van der Waals surface area contributed by atoms with Crippen LogP contribution >= 0.6 is 0 Å². The van der Waals surface area contributed by atoms with Crippen molar-refractivity contribution < 1.29 is 9.21 Å². The van der Waals surface area contributed by atoms with E-state index in [2.05, 4.69) is 14.9 Å². The Kier molecular flexibility index (Phi) is 3.37. The maximum atomic E-state index is 12.3. The van der Waals surface area contributed by atoms with Crippen LogP contribution in [-0.4, -0.2) is 47.0 Å². The van der Waals surface area contributed by atoms with Crippen molar-refractivity contribution in [1.82, 2.24) is 14.9 Å². The van der Waals surface area contributed by atoms with Crippen LogP contribution in [0.3, 0.4) is 0 Å². The van der Waals surface area contributed by atoms with Gasteiger partial charge in [0.25, 0.3) is 5.91 Å². The van der Waals surface area contributed by atoms with Gasteiger partial charge in [-0.05, 0) is 13.0 Å². The number of carbonyl (C=O) groups is 1. The summed E-state index contributed by atoms with van der Waals surface area (Å²) in [6.45, 7) is 4.73. The number of amides is 1. The van der Waals surface area contributed by atoms with E-state index in [1.54, 1.807) is 24.7 Å². The van der Waals surface area contributed by atoms with E-state index in [0.29, 0.717) is 18.7 Å². The molecule has 0 aliphatic carbocycles. The van der Waals surface area contributed by atoms with Crippen molar-refractivity contribution in [3.63, 3.8) is 0 Å². The third kappa shape index (κ3) is 2.49. The van der Waals surface area contributed by atoms with Gasteiger partial charge in [-0.1, -0.05) is 0 Å². The van der Waals surface area contributed by atoms with Crippen LogP contribution < -0.4 is 4.90 Å². The lowest BCUT2D eigenvalue weighted by atomic mass is 10.2. The first-order chi connectivity index (χ1) is 9.74. The van der Waals surface area contributed by atoms with E-state index in [-0.39, 0.29) is 5.91 Å². The van der Waals surface area contributed by atoms with Gasteiger partial charge in [0.05, 0.1) is 11.8 Å². The number of hydrogen-bond donors (Lipinski definition) is 0. The normalized spacial score (nSPS) is 15.4. The van der Waals surface area contributed by atoms with Crippen molar-refractivity contribution in [2.75, 3.05) is 31.1 Å². The maximum absolute atomic E-state index is 12.3. The predicted octanol–water partition coefficient (Wildman–Crippen LogP) is 1.34. The van der Waals surface area contributed by atoms with E-state index in [0.717, 1.165) is 24.7 Å². The number of rotatable bonds is 2. The third-order valence-corrected chi connectivity index (χ3v) is 3.42. The van der Waals surface area contributed by atoms with Crippen LogP contribution in [0.2, 0.25) is 0 Å². The summed E-state index contributed by atoms with van der Waals surface area (Å²) in [7, 11) is 0. The summed E-state index contributed by atoms with van der Waals surface area (Å²) in [5, 5.41) is 0. The topological polar surface area (TPSA) is 62.5 Å². The van der Waals surface area contributed by atoms with Crippen molar-refractivity contribution in [2.45, 2.75) is 6.92 Å². The molecular weight excluding hydrogens is 256 g/mol. The molecule has 6 nitrogen and oxygen atoms in total. The molecule has 0 aromatic carbocycles. The second-order valence-corrected chi connectivity index (χ2v) is 4.79. The van der Waals surface area contributed by atoms with Crippen LogP contribution in [0.15, 0.2) is 35.3 Å². The van der Waals surface area contributed by atoms with Gasteiger partial charge >= 0.3 is 0 Å². The lowest BCUT2D eigenvalue weighted by Crippen LogP contribution is -2.49. The fourth-order valence-electron chi connectivity index (χ4n) is 2.33. The van der Waals surface area contributed by atoms with Crippen LogP contribution in [-0.2, 0) is 0 Å². The average Bonchev–Trinajstić information content (AvgIpc) is 2.94. The molecule has 3 rings (SSSR count). The van der Waals surface area contributed by atoms with Gasteiger partial charge in [-0.25, -0.2) is 4.98 Å². The molecule has 2 aromatic rings. The van der Waals surface area contributed by atoms with Gasteiger partial charge in [0.1, 0.15) is 17.8 Å². The molecule has 1 aliphatic rings. The highest BCUT2D eigenvalue weighted by Gasteiger charge is 2.23. The highest BCUT2D eigenvalue weighted by molar-refractivity contribution is 5.94. The summed E-state index contributed by atoms with van der Waals surface area (Å²) < 4.78 is 5.19. The van der Waals surface area contributed by atoms with Crippen molar-refractivity contribution in [1.29, 1.82) is 0 Å². The quantitative estimate of drug-likeness (QED) is 0.825. The summed E-state index contributed by atoms with van der Waals surface area (Å²) in [6.07, 6.45) is 6.61. The predicted molar refractivity (Wildman–Crippen MR) is 73.6 cm³/mol. The van der Waals surface area contributed by atoms with Gasteiger partial charge in [-0.15, -0.1) is 0 Å². The molecule has 1 amide bonds. The minimum atomic E-state index is 0.0284. The maximum Gasteiger partial charge on any atom is 0.257 e. The van der Waals surface area contributed by atoms with Crippen LogP contribution in [0.5, 0.6) is 0 Å². The number of anilines is 1. The smallest absolute Gasteiger partial charge is 0.257 e. The number of nitrogens with zero attached hydrogens (tertiary/aromatic N) is 4. The first-order valence-electron chi connectivity index (χ1n) is 6.59. The van der Waals surface area contributed by atoms with E-state index in [1.165, 1.54) is 6.26 Å². The molecule has 0 atom stereocenters. The fourth-order valence-corrected chi connectivity index (χ4v) is 2.33. The molecule has 0 bridgehead atoms. The van der Waals surface area contributed by atoms with Gasteiger partial charge in [0.2, 0.25) is 0 Å². The Morgan fingerprint density at radius 2 is 2.05 bits per heavy atom. The molecule has 3 heterocycles. The Balaban J connectivity index is 1.63. The molecule has 0 saturated carbocycles. The highest BCUT2D eigenvalue weighted by atomic mass is 16.3. The van der Waals surface area contributed by atoms with Crippen molar-refractivity contribution >= 4 is 11.7 Å². The van der Waals surface area contributed by atoms with E-state index in [1.807, 2.05) is 11.8 Å². The zero-order valence-corrected chi connectivity index (χ0v) is 11.3. The minimum absolute atomic E-state index is 0.0284. The highest BCUT2D eigenvalue weighted by Crippen LogP contribution is 2.15. The Morgan fingerprint density at radius 3 is 2.65 bits per heavy atom. The molecule has 1 saturated heterocycles. The van der Waals surface area contributed by atoms with Gasteiger partial charge in [-0.2, -0.15) is 0 Å². The molecule has 0 N–H and O–H groups in total. The SMILES string of the molecule is Cc1cc(C(=O)N2CCN(c3cnccn3)CC2)co1. The summed E-state index contributed by atoms with van der Waals surface area (Å²) in [6, 6.07) is 1.78. The van der Waals surface area contributed by atoms with Gasteiger partial charge in [0, 0.05) is 38.6 Å². The van der Waals surface area contributed by atoms with Gasteiger partial charge in [0.15, 0.2) is 0 Å². The summed E-state index contributed by atoms with van der Waals surface area (Å²) >= 11 is 0. The number of furan rings is 1. The summed E-state index contributed by atoms with van der Waals surface area (Å²) in [5.41, 5.74) is 0.621. The monoisotopic (exact) mass is 272 g/mol. The van der Waals surface area contributed by atoms with Gasteiger partial charge < -0.3 is 14.2 Å². The molecule has 6 heteroatoms. The number of hydrogen-bond acceptors (Lipinski definition) is 5. The Morgan fingerprint density at radius 1 is 1.25 bits per heavy atom. The second kappa shape index (κ2) is 5.32. The first kappa shape index (κ1) is 12.7. The fraction of sp³-hybridized carbons (Fsp3) is 0.357. The zero-order valence-electron chi connectivity index (χ0n) is 11.3. The van der Waals surface area contributed by atoms with Crippen molar-refractivity contribution in [2.24, 2.45) is 0 Å². The second-order valence-electron chi connectivity index (χ2n) is 4.79. The van der Waals surface area contributed by atoms with Crippen LogP contribution in [0.25, 0.3) is 0 Å². The van der Waals surface area contributed by atoms with Crippen molar-refractivity contribution in [3.8, 4) is 0 Å². The molecule has 1 fully saturated rings. The molecule has 1 aliphatic heterocycles. The lowest BCUT2D eigenvalue weighted by molar-refractivity contribution is 0.0746. The van der Waals surface area contributed by atoms with Crippen LogP contribution in [0.1, 0.15) is 16.1 Å². The summed E-state index contributed by atoms with van der Waals surface area (Å²) in [5.74, 6) is 1.64. The van der Waals surface area contributed by atoms with E-state index in [9.17, 15) is 4.79 Å². The molecule has 0 spiro atoms. The molecule has 104 valence electrons. The third-order valence-electron chi connectivity index (χ3n) is 3.42. The minimum Gasteiger partial charge on any atom is -0.469 e. The van der Waals surface area contributed by atoms with Crippen LogP contribution in [0, 0.1) is 6.92 Å². The van der Waals surface area contributed by atoms with Crippen molar-refractivity contribution in [3.05, 3.63) is 42.2 Å². The molecule has 2 aromatic heterocycles. The largest absolute Gasteiger partial charge is 0.469 e. The molecular formula is C14H16N4O2. The zero-order chi connectivity index (χ0) is 13.9. The standard InChI is InChI=1S/C14H16N4O2/c1-11-8-12(10-20-11)14(19)18-6-4-17(5-7-18)13-9-15-2-3-16-13/h2-3,8-10H,4-7H2,1H3. The Labute approximate surface area is 117 Å². The van der Waals surface area contributed by atoms with Gasteiger partial charge in [-0.3, -0.25) is 9.78 Å². The Hall–Kier alpha value is -2.37. The molecule has 0 radical (unpaired) electrons. The first-order valence-corrected chi connectivity index (χ1v) is 6.59. The summed E-state index contributed by atoms with van der Waals surface area (Å²) in [4.78, 5) is 24.6. The van der Waals surface area contributed by atoms with E-state index >= 15 is 0 Å². The van der Waals surface area contributed by atoms with E-state index in [4.69, 9.17) is 4.42 Å².